The molecule has 4 unspecified atom stereocenters. The number of benzene rings is 3. The monoisotopic (exact) mass is 762 g/mol. The number of carbonyl (C=O) groups is 2. The lowest BCUT2D eigenvalue weighted by molar-refractivity contribution is -0.150. The first kappa shape index (κ1) is 43.6. The lowest BCUT2D eigenvalue weighted by atomic mass is 9.82. The van der Waals surface area contributed by atoms with Crippen LogP contribution in [0.3, 0.4) is 0 Å². The SMILES string of the molecule is CCc1cc(C(CCc2cn(CC)nn2)C(C)C(=O)OC)ccc1C.CCc1cc(C(CCc2cn(CC)nn2)C(C)C(=O)OCc2ccccc2)ccc1C. The summed E-state index contributed by atoms with van der Waals surface area (Å²) in [6.45, 7) is 18.5. The van der Waals surface area contributed by atoms with E-state index < -0.39 is 0 Å². The van der Waals surface area contributed by atoms with Gasteiger partial charge in [0.1, 0.15) is 6.61 Å². The van der Waals surface area contributed by atoms with Crippen molar-refractivity contribution >= 4 is 11.9 Å². The van der Waals surface area contributed by atoms with E-state index in [1.807, 2.05) is 79.8 Å². The van der Waals surface area contributed by atoms with E-state index in [1.54, 1.807) is 0 Å². The van der Waals surface area contributed by atoms with Gasteiger partial charge >= 0.3 is 11.9 Å². The zero-order valence-corrected chi connectivity index (χ0v) is 35.0. The summed E-state index contributed by atoms with van der Waals surface area (Å²) in [5.41, 5.74) is 10.5. The highest BCUT2D eigenvalue weighted by Gasteiger charge is 2.28. The summed E-state index contributed by atoms with van der Waals surface area (Å²) in [6, 6.07) is 22.9. The van der Waals surface area contributed by atoms with E-state index in [0.717, 1.165) is 68.6 Å². The first-order chi connectivity index (χ1) is 27.0. The minimum atomic E-state index is -0.252. The highest BCUT2D eigenvalue weighted by atomic mass is 16.5. The molecule has 0 spiro atoms. The molecule has 0 amide bonds. The molecular weight excluding hydrogens is 701 g/mol. The molecular formula is C46H62N6O4. The van der Waals surface area contributed by atoms with Gasteiger partial charge in [0.05, 0.1) is 30.3 Å². The summed E-state index contributed by atoms with van der Waals surface area (Å²) >= 11 is 0. The van der Waals surface area contributed by atoms with Gasteiger partial charge in [0.15, 0.2) is 0 Å². The Morgan fingerprint density at radius 1 is 0.661 bits per heavy atom. The van der Waals surface area contributed by atoms with Gasteiger partial charge in [0.2, 0.25) is 0 Å². The first-order valence-electron chi connectivity index (χ1n) is 20.3. The fourth-order valence-corrected chi connectivity index (χ4v) is 7.21. The Labute approximate surface area is 334 Å². The minimum absolute atomic E-state index is 0.0564. The van der Waals surface area contributed by atoms with Crippen LogP contribution in [0.25, 0.3) is 0 Å². The van der Waals surface area contributed by atoms with Gasteiger partial charge in [-0.1, -0.05) is 105 Å². The minimum Gasteiger partial charge on any atom is -0.469 e. The van der Waals surface area contributed by atoms with Gasteiger partial charge < -0.3 is 9.47 Å². The number of methoxy groups -OCH3 is 1. The molecule has 0 radical (unpaired) electrons. The third kappa shape index (κ3) is 12.2. The molecule has 0 saturated carbocycles. The van der Waals surface area contributed by atoms with Crippen molar-refractivity contribution in [2.24, 2.45) is 11.8 Å². The molecule has 56 heavy (non-hydrogen) atoms. The van der Waals surface area contributed by atoms with Crippen LogP contribution in [0.1, 0.15) is 117 Å². The van der Waals surface area contributed by atoms with Crippen molar-refractivity contribution in [3.63, 3.8) is 0 Å². The van der Waals surface area contributed by atoms with Gasteiger partial charge in [0, 0.05) is 25.5 Å². The standard InChI is InChI=1S/C26H33N3O2.C20H29N3O2/c1-5-22-16-23(13-12-19(22)3)25(15-14-24-17-29(6-2)28-27-24)20(4)26(30)31-18-21-10-8-7-9-11-21;1-6-16-12-17(9-8-14(16)3)19(15(4)20(24)25-5)11-10-18-13-23(7-2)22-21-18/h7-13,16-17,20,25H,5-6,14-15,18H2,1-4H3;8-9,12-13,15,19H,6-7,10-11H2,1-5H3. The topological polar surface area (TPSA) is 114 Å². The van der Waals surface area contributed by atoms with Crippen LogP contribution in [0.4, 0.5) is 0 Å². The van der Waals surface area contributed by atoms with Crippen LogP contribution in [0, 0.1) is 25.7 Å². The molecule has 0 aliphatic rings. The van der Waals surface area contributed by atoms with Gasteiger partial charge in [-0.2, -0.15) is 0 Å². The van der Waals surface area contributed by atoms with E-state index in [1.165, 1.54) is 40.5 Å². The Bertz CT molecular complexity index is 1970. The number of hydrogen-bond donors (Lipinski definition) is 0. The molecule has 0 saturated heterocycles. The molecule has 5 rings (SSSR count). The Morgan fingerprint density at radius 2 is 1.12 bits per heavy atom. The van der Waals surface area contributed by atoms with Crippen LogP contribution >= 0.6 is 0 Å². The highest BCUT2D eigenvalue weighted by molar-refractivity contribution is 5.74. The molecule has 300 valence electrons. The van der Waals surface area contributed by atoms with Crippen molar-refractivity contribution in [1.29, 1.82) is 0 Å². The van der Waals surface area contributed by atoms with Gasteiger partial charge in [-0.3, -0.25) is 19.0 Å². The molecule has 0 fully saturated rings. The maximum atomic E-state index is 13.0. The Balaban J connectivity index is 0.000000255. The Hall–Kier alpha value is -5.12. The zero-order chi connectivity index (χ0) is 40.6. The molecule has 2 aromatic heterocycles. The fourth-order valence-electron chi connectivity index (χ4n) is 7.21. The molecule has 3 aromatic carbocycles. The second-order valence-corrected chi connectivity index (χ2v) is 14.7. The van der Waals surface area contributed by atoms with Crippen molar-refractivity contribution < 1.29 is 19.1 Å². The Morgan fingerprint density at radius 3 is 1.54 bits per heavy atom. The fraction of sp³-hybridized carbons (Fsp3) is 0.478. The van der Waals surface area contributed by atoms with Crippen LogP contribution in [-0.4, -0.2) is 49.0 Å². The van der Waals surface area contributed by atoms with Crippen LogP contribution in [-0.2, 0) is 64.4 Å². The summed E-state index contributed by atoms with van der Waals surface area (Å²) in [7, 11) is 1.45. The number of carbonyl (C=O) groups excluding carboxylic acids is 2. The van der Waals surface area contributed by atoms with Crippen LogP contribution < -0.4 is 0 Å². The molecule has 4 atom stereocenters. The summed E-state index contributed by atoms with van der Waals surface area (Å²) < 4.78 is 14.3. The van der Waals surface area contributed by atoms with Crippen molar-refractivity contribution in [2.75, 3.05) is 7.11 Å². The van der Waals surface area contributed by atoms with E-state index >= 15 is 0 Å². The van der Waals surface area contributed by atoms with E-state index in [-0.39, 0.29) is 35.6 Å². The summed E-state index contributed by atoms with van der Waals surface area (Å²) in [5.74, 6) is -0.618. The van der Waals surface area contributed by atoms with Gasteiger partial charge in [0.25, 0.3) is 0 Å². The quantitative estimate of drug-likeness (QED) is 0.0814. The van der Waals surface area contributed by atoms with Gasteiger partial charge in [-0.15, -0.1) is 10.2 Å². The molecule has 5 aromatic rings. The molecule has 0 N–H and O–H groups in total. The predicted molar refractivity (Wildman–Crippen MR) is 221 cm³/mol. The van der Waals surface area contributed by atoms with Crippen LogP contribution in [0.5, 0.6) is 0 Å². The van der Waals surface area contributed by atoms with Crippen molar-refractivity contribution in [1.82, 2.24) is 30.0 Å². The van der Waals surface area contributed by atoms with Crippen molar-refractivity contribution in [3.8, 4) is 0 Å². The molecule has 2 heterocycles. The highest BCUT2D eigenvalue weighted by Crippen LogP contribution is 2.33. The van der Waals surface area contributed by atoms with Crippen molar-refractivity contribution in [3.05, 3.63) is 129 Å². The summed E-state index contributed by atoms with van der Waals surface area (Å²) in [4.78, 5) is 25.1. The predicted octanol–water partition coefficient (Wildman–Crippen LogP) is 8.96. The number of rotatable bonds is 18. The maximum absolute atomic E-state index is 13.0. The van der Waals surface area contributed by atoms with Gasteiger partial charge in [-0.05, 0) is 117 Å². The van der Waals surface area contributed by atoms with E-state index in [4.69, 9.17) is 9.47 Å². The number of ether oxygens (including phenoxy) is 2. The van der Waals surface area contributed by atoms with E-state index in [0.29, 0.717) is 6.61 Å². The zero-order valence-electron chi connectivity index (χ0n) is 35.0. The molecule has 0 aliphatic carbocycles. The van der Waals surface area contributed by atoms with Crippen molar-refractivity contribution in [2.45, 2.75) is 125 Å². The number of aryl methyl sites for hydroxylation is 8. The average molecular weight is 763 g/mol. The molecule has 10 heteroatoms. The van der Waals surface area contributed by atoms with E-state index in [9.17, 15) is 9.59 Å². The lowest BCUT2D eigenvalue weighted by Gasteiger charge is -2.24. The number of aromatic nitrogens is 6. The smallest absolute Gasteiger partial charge is 0.309 e. The summed E-state index contributed by atoms with van der Waals surface area (Å²) in [6.07, 6.45) is 9.15. The number of nitrogens with zero attached hydrogens (tertiary/aromatic N) is 6. The molecule has 0 bridgehead atoms. The average Bonchev–Trinajstić information content (AvgIpc) is 3.90. The lowest BCUT2D eigenvalue weighted by Crippen LogP contribution is -2.23. The second-order valence-electron chi connectivity index (χ2n) is 14.7. The third-order valence-corrected chi connectivity index (χ3v) is 11.0. The maximum Gasteiger partial charge on any atom is 0.309 e. The third-order valence-electron chi connectivity index (χ3n) is 11.0. The van der Waals surface area contributed by atoms with E-state index in [2.05, 4.69) is 84.7 Å². The second kappa shape index (κ2) is 21.8. The molecule has 10 nitrogen and oxygen atoms in total. The largest absolute Gasteiger partial charge is 0.469 e. The van der Waals surface area contributed by atoms with Crippen LogP contribution in [0.2, 0.25) is 0 Å². The Kier molecular flexibility index (Phi) is 17.0. The normalized spacial score (nSPS) is 13.2. The van der Waals surface area contributed by atoms with Crippen LogP contribution in [0.15, 0.2) is 79.1 Å². The number of esters is 2. The molecule has 0 aliphatic heterocycles. The summed E-state index contributed by atoms with van der Waals surface area (Å²) in [5, 5.41) is 16.7. The van der Waals surface area contributed by atoms with Gasteiger partial charge in [-0.25, -0.2) is 0 Å². The first-order valence-corrected chi connectivity index (χ1v) is 20.3. The number of hydrogen-bond acceptors (Lipinski definition) is 8.